The average Bonchev–Trinajstić information content (AvgIpc) is 2.28. The number of carbonyl (C=O) groups is 1. The molecule has 2 N–H and O–H groups in total. The van der Waals surface area contributed by atoms with Crippen LogP contribution in [-0.2, 0) is 9.53 Å². The van der Waals surface area contributed by atoms with Gasteiger partial charge in [0.25, 0.3) is 0 Å². The fourth-order valence-corrected chi connectivity index (χ4v) is 1.91. The number of nitrogens with zero attached hydrogens (tertiary/aromatic N) is 1. The highest BCUT2D eigenvalue weighted by atomic mass is 35.5. The SMILES string of the molecule is CC(CN)C(=O)N(C)CC1CCCOC1.Cl. The van der Waals surface area contributed by atoms with Crippen molar-refractivity contribution in [2.24, 2.45) is 17.6 Å². The first-order valence-electron chi connectivity index (χ1n) is 5.68. The van der Waals surface area contributed by atoms with Crippen molar-refractivity contribution in [2.45, 2.75) is 19.8 Å². The monoisotopic (exact) mass is 250 g/mol. The maximum atomic E-state index is 11.8. The molecule has 1 heterocycles. The van der Waals surface area contributed by atoms with Crippen molar-refractivity contribution in [1.82, 2.24) is 4.90 Å². The number of carbonyl (C=O) groups excluding carboxylic acids is 1. The largest absolute Gasteiger partial charge is 0.381 e. The van der Waals surface area contributed by atoms with Crippen LogP contribution >= 0.6 is 12.4 Å². The van der Waals surface area contributed by atoms with E-state index in [0.717, 1.165) is 32.6 Å². The third-order valence-electron chi connectivity index (χ3n) is 2.94. The van der Waals surface area contributed by atoms with Gasteiger partial charge in [-0.2, -0.15) is 0 Å². The van der Waals surface area contributed by atoms with Crippen LogP contribution in [0.25, 0.3) is 0 Å². The molecule has 0 radical (unpaired) electrons. The number of hydrogen-bond donors (Lipinski definition) is 1. The fraction of sp³-hybridized carbons (Fsp3) is 0.909. The summed E-state index contributed by atoms with van der Waals surface area (Å²) in [5, 5.41) is 0. The van der Waals surface area contributed by atoms with E-state index in [1.54, 1.807) is 4.90 Å². The molecule has 0 aliphatic carbocycles. The molecule has 1 amide bonds. The minimum absolute atomic E-state index is 0. The van der Waals surface area contributed by atoms with E-state index in [9.17, 15) is 4.79 Å². The molecule has 0 saturated carbocycles. The molecular weight excluding hydrogens is 228 g/mol. The molecular formula is C11H23ClN2O2. The summed E-state index contributed by atoms with van der Waals surface area (Å²) < 4.78 is 5.39. The maximum absolute atomic E-state index is 11.8. The Bertz CT molecular complexity index is 208. The lowest BCUT2D eigenvalue weighted by Crippen LogP contribution is -2.39. The molecule has 0 bridgehead atoms. The first kappa shape index (κ1) is 15.7. The molecule has 0 aromatic heterocycles. The van der Waals surface area contributed by atoms with Gasteiger partial charge in [-0.1, -0.05) is 6.92 Å². The molecule has 5 heteroatoms. The highest BCUT2D eigenvalue weighted by molar-refractivity contribution is 5.85. The average molecular weight is 251 g/mol. The van der Waals surface area contributed by atoms with E-state index in [1.807, 2.05) is 14.0 Å². The molecule has 4 nitrogen and oxygen atoms in total. The second kappa shape index (κ2) is 7.87. The van der Waals surface area contributed by atoms with Gasteiger partial charge in [0.15, 0.2) is 0 Å². The van der Waals surface area contributed by atoms with Gasteiger partial charge in [-0.25, -0.2) is 0 Å². The summed E-state index contributed by atoms with van der Waals surface area (Å²) in [4.78, 5) is 13.5. The molecule has 1 saturated heterocycles. The third-order valence-corrected chi connectivity index (χ3v) is 2.94. The Morgan fingerprint density at radius 1 is 1.62 bits per heavy atom. The summed E-state index contributed by atoms with van der Waals surface area (Å²) in [5.41, 5.74) is 5.47. The van der Waals surface area contributed by atoms with Crippen molar-refractivity contribution in [2.75, 3.05) is 33.4 Å². The van der Waals surface area contributed by atoms with Gasteiger partial charge < -0.3 is 15.4 Å². The zero-order valence-electron chi connectivity index (χ0n) is 10.1. The first-order chi connectivity index (χ1) is 7.15. The maximum Gasteiger partial charge on any atom is 0.226 e. The molecule has 1 fully saturated rings. The molecule has 1 aliphatic rings. The predicted octanol–water partition coefficient (Wildman–Crippen LogP) is 0.888. The zero-order chi connectivity index (χ0) is 11.3. The molecule has 0 spiro atoms. The lowest BCUT2D eigenvalue weighted by Gasteiger charge is -2.28. The summed E-state index contributed by atoms with van der Waals surface area (Å²) in [6.07, 6.45) is 2.27. The van der Waals surface area contributed by atoms with Crippen molar-refractivity contribution < 1.29 is 9.53 Å². The van der Waals surface area contributed by atoms with Crippen LogP contribution in [0.2, 0.25) is 0 Å². The molecule has 0 aromatic rings. The fourth-order valence-electron chi connectivity index (χ4n) is 1.91. The van der Waals surface area contributed by atoms with Crippen LogP contribution in [0.3, 0.4) is 0 Å². The number of nitrogens with two attached hydrogens (primary N) is 1. The Labute approximate surface area is 104 Å². The number of hydrogen-bond acceptors (Lipinski definition) is 3. The molecule has 2 unspecified atom stereocenters. The number of halogens is 1. The van der Waals surface area contributed by atoms with Gasteiger partial charge in [0.2, 0.25) is 5.91 Å². The topological polar surface area (TPSA) is 55.6 Å². The normalized spacial score (nSPS) is 22.1. The van der Waals surface area contributed by atoms with Gasteiger partial charge in [0, 0.05) is 32.7 Å². The summed E-state index contributed by atoms with van der Waals surface area (Å²) in [6, 6.07) is 0. The Morgan fingerprint density at radius 2 is 2.31 bits per heavy atom. The van der Waals surface area contributed by atoms with Crippen LogP contribution in [0.4, 0.5) is 0 Å². The highest BCUT2D eigenvalue weighted by Crippen LogP contribution is 2.15. The summed E-state index contributed by atoms with van der Waals surface area (Å²) in [7, 11) is 1.85. The van der Waals surface area contributed by atoms with Crippen LogP contribution in [0.5, 0.6) is 0 Å². The molecule has 1 rings (SSSR count). The van der Waals surface area contributed by atoms with Crippen LogP contribution in [0, 0.1) is 11.8 Å². The van der Waals surface area contributed by atoms with E-state index in [2.05, 4.69) is 0 Å². The lowest BCUT2D eigenvalue weighted by atomic mass is 10.0. The molecule has 0 aromatic carbocycles. The first-order valence-corrected chi connectivity index (χ1v) is 5.68. The van der Waals surface area contributed by atoms with E-state index in [4.69, 9.17) is 10.5 Å². The Kier molecular flexibility index (Phi) is 7.72. The Morgan fingerprint density at radius 3 is 2.81 bits per heavy atom. The highest BCUT2D eigenvalue weighted by Gasteiger charge is 2.21. The second-order valence-corrected chi connectivity index (χ2v) is 4.44. The Balaban J connectivity index is 0.00000225. The van der Waals surface area contributed by atoms with Gasteiger partial charge in [-0.05, 0) is 18.8 Å². The van der Waals surface area contributed by atoms with Gasteiger partial charge in [0.1, 0.15) is 0 Å². The smallest absolute Gasteiger partial charge is 0.226 e. The third kappa shape index (κ3) is 4.68. The van der Waals surface area contributed by atoms with Gasteiger partial charge in [0.05, 0.1) is 6.61 Å². The van der Waals surface area contributed by atoms with E-state index in [0.29, 0.717) is 12.5 Å². The van der Waals surface area contributed by atoms with Crippen LogP contribution in [0.1, 0.15) is 19.8 Å². The summed E-state index contributed by atoms with van der Waals surface area (Å²) in [6.45, 7) is 4.74. The molecule has 2 atom stereocenters. The van der Waals surface area contributed by atoms with Crippen molar-refractivity contribution in [1.29, 1.82) is 0 Å². The summed E-state index contributed by atoms with van der Waals surface area (Å²) in [5.74, 6) is 0.570. The predicted molar refractivity (Wildman–Crippen MR) is 66.6 cm³/mol. The number of rotatable bonds is 4. The van der Waals surface area contributed by atoms with Gasteiger partial charge >= 0.3 is 0 Å². The van der Waals surface area contributed by atoms with Crippen molar-refractivity contribution in [3.8, 4) is 0 Å². The van der Waals surface area contributed by atoms with Crippen molar-refractivity contribution in [3.63, 3.8) is 0 Å². The van der Waals surface area contributed by atoms with Crippen LogP contribution in [0.15, 0.2) is 0 Å². The Hall–Kier alpha value is -0.320. The van der Waals surface area contributed by atoms with E-state index in [1.165, 1.54) is 0 Å². The van der Waals surface area contributed by atoms with E-state index in [-0.39, 0.29) is 24.2 Å². The molecule has 16 heavy (non-hydrogen) atoms. The van der Waals surface area contributed by atoms with Gasteiger partial charge in [-0.15, -0.1) is 12.4 Å². The van der Waals surface area contributed by atoms with Gasteiger partial charge in [-0.3, -0.25) is 4.79 Å². The quantitative estimate of drug-likeness (QED) is 0.806. The number of amides is 1. The van der Waals surface area contributed by atoms with Crippen LogP contribution in [-0.4, -0.2) is 44.2 Å². The summed E-state index contributed by atoms with van der Waals surface area (Å²) >= 11 is 0. The number of ether oxygens (including phenoxy) is 1. The lowest BCUT2D eigenvalue weighted by molar-refractivity contribution is -0.134. The molecule has 96 valence electrons. The standard InChI is InChI=1S/C11H22N2O2.ClH/c1-9(6-12)11(14)13(2)7-10-4-3-5-15-8-10;/h9-10H,3-8,12H2,1-2H3;1H. The van der Waals surface area contributed by atoms with Crippen LogP contribution < -0.4 is 5.73 Å². The minimum Gasteiger partial charge on any atom is -0.381 e. The van der Waals surface area contributed by atoms with Crippen molar-refractivity contribution in [3.05, 3.63) is 0 Å². The van der Waals surface area contributed by atoms with Crippen molar-refractivity contribution >= 4 is 18.3 Å². The second-order valence-electron chi connectivity index (χ2n) is 4.44. The zero-order valence-corrected chi connectivity index (χ0v) is 11.0. The minimum atomic E-state index is -0.0699. The molecule has 1 aliphatic heterocycles. The van der Waals surface area contributed by atoms with E-state index < -0.39 is 0 Å². The van der Waals surface area contributed by atoms with E-state index >= 15 is 0 Å².